The summed E-state index contributed by atoms with van der Waals surface area (Å²) in [7, 11) is 0. The molecule has 186 valence electrons. The first-order valence-corrected chi connectivity index (χ1v) is 8.72. The summed E-state index contributed by atoms with van der Waals surface area (Å²) >= 11 is 0. The Hall–Kier alpha value is -1.73. The molecule has 0 amide bonds. The van der Waals surface area contributed by atoms with Gasteiger partial charge < -0.3 is 5.11 Å². The molecule has 0 bridgehead atoms. The second kappa shape index (κ2) is 8.24. The number of alkyl halides is 13. The molecule has 0 radical (unpaired) electrons. The molecule has 2 atom stereocenters. The van der Waals surface area contributed by atoms with Crippen molar-refractivity contribution in [3.8, 4) is 0 Å². The third-order valence-electron chi connectivity index (χ3n) is 4.92. The Kier molecular flexibility index (Phi) is 7.29. The highest BCUT2D eigenvalue weighted by Crippen LogP contribution is 2.61. The molecule has 1 nitrogen and oxygen atoms in total. The molecule has 0 aliphatic carbocycles. The summed E-state index contributed by atoms with van der Waals surface area (Å²) < 4.78 is 172. The standard InChI is InChI=1S/C18H17F13O/c1-8(2)10-5-4-6-11(7-10)12(32)9(3)13(19,20)14(21,22)15(23,24)16(25,26)17(27,28)18(29,30)31/h4-9,12,32H,1-3H3. The maximum absolute atomic E-state index is 14.3. The zero-order valence-electron chi connectivity index (χ0n) is 16.4. The summed E-state index contributed by atoms with van der Waals surface area (Å²) in [6.45, 7) is 3.22. The fourth-order valence-electron chi connectivity index (χ4n) is 2.66. The van der Waals surface area contributed by atoms with Crippen LogP contribution in [-0.4, -0.2) is 40.9 Å². The van der Waals surface area contributed by atoms with Crippen molar-refractivity contribution in [2.24, 2.45) is 5.92 Å². The molecule has 1 aromatic rings. The van der Waals surface area contributed by atoms with Crippen LogP contribution in [0, 0.1) is 5.92 Å². The summed E-state index contributed by atoms with van der Waals surface area (Å²) in [5.74, 6) is -41.0. The minimum atomic E-state index is -7.96. The monoisotopic (exact) mass is 496 g/mol. The molecule has 0 spiro atoms. The lowest BCUT2D eigenvalue weighted by Gasteiger charge is -2.42. The average Bonchev–Trinajstić information content (AvgIpc) is 2.65. The Morgan fingerprint density at radius 2 is 1.03 bits per heavy atom. The second-order valence-corrected chi connectivity index (χ2v) is 7.48. The lowest BCUT2D eigenvalue weighted by molar-refractivity contribution is -0.444. The van der Waals surface area contributed by atoms with E-state index in [2.05, 4.69) is 0 Å². The van der Waals surface area contributed by atoms with Crippen LogP contribution in [0.3, 0.4) is 0 Å². The van der Waals surface area contributed by atoms with Gasteiger partial charge in [0.05, 0.1) is 12.0 Å². The van der Waals surface area contributed by atoms with Gasteiger partial charge in [0.2, 0.25) is 0 Å². The fourth-order valence-corrected chi connectivity index (χ4v) is 2.66. The second-order valence-electron chi connectivity index (χ2n) is 7.48. The number of hydrogen-bond donors (Lipinski definition) is 1. The molecule has 0 heterocycles. The van der Waals surface area contributed by atoms with Gasteiger partial charge in [-0.15, -0.1) is 0 Å². The number of hydrogen-bond acceptors (Lipinski definition) is 1. The third kappa shape index (κ3) is 4.14. The lowest BCUT2D eigenvalue weighted by atomic mass is 9.83. The van der Waals surface area contributed by atoms with Crippen LogP contribution < -0.4 is 0 Å². The van der Waals surface area contributed by atoms with Crippen LogP contribution in [0.5, 0.6) is 0 Å². The Labute approximate surface area is 173 Å². The molecule has 0 saturated heterocycles. The van der Waals surface area contributed by atoms with Crippen molar-refractivity contribution < 1.29 is 62.2 Å². The Bertz CT molecular complexity index is 798. The molecule has 32 heavy (non-hydrogen) atoms. The molecule has 0 aliphatic rings. The Balaban J connectivity index is 3.48. The zero-order chi connectivity index (χ0) is 25.7. The summed E-state index contributed by atoms with van der Waals surface area (Å²) in [6.07, 6.45) is -10.2. The quantitative estimate of drug-likeness (QED) is 0.377. The molecule has 0 saturated carbocycles. The van der Waals surface area contributed by atoms with E-state index in [4.69, 9.17) is 0 Å². The third-order valence-corrected chi connectivity index (χ3v) is 4.92. The fraction of sp³-hybridized carbons (Fsp3) is 0.667. The van der Waals surface area contributed by atoms with Crippen LogP contribution in [0.1, 0.15) is 43.9 Å². The largest absolute Gasteiger partial charge is 0.460 e. The van der Waals surface area contributed by atoms with Gasteiger partial charge in [-0.2, -0.15) is 57.1 Å². The molecule has 0 aliphatic heterocycles. The van der Waals surface area contributed by atoms with E-state index in [1.807, 2.05) is 0 Å². The topological polar surface area (TPSA) is 20.2 Å². The smallest absolute Gasteiger partial charge is 0.388 e. The van der Waals surface area contributed by atoms with Crippen LogP contribution in [-0.2, 0) is 0 Å². The van der Waals surface area contributed by atoms with Crippen LogP contribution in [0.2, 0.25) is 0 Å². The van der Waals surface area contributed by atoms with E-state index in [0.717, 1.165) is 12.1 Å². The predicted octanol–water partition coefficient (Wildman–Crippen LogP) is 7.22. The highest BCUT2D eigenvalue weighted by Gasteiger charge is 2.91. The van der Waals surface area contributed by atoms with Gasteiger partial charge in [-0.3, -0.25) is 0 Å². The molecular formula is C18H17F13O. The van der Waals surface area contributed by atoms with Crippen molar-refractivity contribution in [2.75, 3.05) is 0 Å². The van der Waals surface area contributed by atoms with Crippen molar-refractivity contribution in [3.05, 3.63) is 35.4 Å². The molecule has 0 aromatic heterocycles. The van der Waals surface area contributed by atoms with Gasteiger partial charge in [-0.05, 0) is 17.0 Å². The molecule has 14 heteroatoms. The first-order valence-electron chi connectivity index (χ1n) is 8.72. The number of rotatable bonds is 8. The number of benzene rings is 1. The molecular weight excluding hydrogens is 479 g/mol. The SMILES string of the molecule is CC(C)c1cccc(C(O)C(C)C(F)(F)C(F)(F)C(F)(F)C(F)(F)C(F)(F)C(F)(F)F)c1. The van der Waals surface area contributed by atoms with E-state index in [-0.39, 0.29) is 12.8 Å². The highest BCUT2D eigenvalue weighted by atomic mass is 19.4. The minimum absolute atomic E-state index is 0.0246. The summed E-state index contributed by atoms with van der Waals surface area (Å²) in [4.78, 5) is 0. The van der Waals surface area contributed by atoms with Gasteiger partial charge in [0.1, 0.15) is 0 Å². The molecule has 1 aromatic carbocycles. The van der Waals surface area contributed by atoms with Crippen molar-refractivity contribution in [1.82, 2.24) is 0 Å². The maximum Gasteiger partial charge on any atom is 0.460 e. The summed E-state index contributed by atoms with van der Waals surface area (Å²) in [6, 6.07) is 4.52. The Morgan fingerprint density at radius 1 is 0.625 bits per heavy atom. The van der Waals surface area contributed by atoms with Crippen molar-refractivity contribution in [3.63, 3.8) is 0 Å². The van der Waals surface area contributed by atoms with Crippen molar-refractivity contribution in [2.45, 2.75) is 68.6 Å². The average molecular weight is 496 g/mol. The van der Waals surface area contributed by atoms with Gasteiger partial charge in [0.25, 0.3) is 0 Å². The van der Waals surface area contributed by atoms with E-state index < -0.39 is 53.4 Å². The number of aliphatic hydroxyl groups is 1. The van der Waals surface area contributed by atoms with Crippen LogP contribution in [0.25, 0.3) is 0 Å². The predicted molar refractivity (Wildman–Crippen MR) is 85.4 cm³/mol. The van der Waals surface area contributed by atoms with E-state index in [1.165, 1.54) is 12.1 Å². The molecule has 0 fully saturated rings. The van der Waals surface area contributed by atoms with Gasteiger partial charge in [0.15, 0.2) is 0 Å². The Morgan fingerprint density at radius 3 is 1.44 bits per heavy atom. The first kappa shape index (κ1) is 28.3. The van der Waals surface area contributed by atoms with Gasteiger partial charge in [-0.1, -0.05) is 45.0 Å². The maximum atomic E-state index is 14.3. The minimum Gasteiger partial charge on any atom is -0.388 e. The molecule has 2 unspecified atom stereocenters. The van der Waals surface area contributed by atoms with E-state index in [0.29, 0.717) is 5.56 Å². The van der Waals surface area contributed by atoms with E-state index in [1.54, 1.807) is 13.8 Å². The van der Waals surface area contributed by atoms with Crippen molar-refractivity contribution >= 4 is 0 Å². The van der Waals surface area contributed by atoms with Gasteiger partial charge in [-0.25, -0.2) is 0 Å². The van der Waals surface area contributed by atoms with Crippen LogP contribution in [0.4, 0.5) is 57.1 Å². The number of halogens is 13. The van der Waals surface area contributed by atoms with E-state index >= 15 is 0 Å². The van der Waals surface area contributed by atoms with Gasteiger partial charge >= 0.3 is 35.8 Å². The van der Waals surface area contributed by atoms with E-state index in [9.17, 15) is 62.2 Å². The van der Waals surface area contributed by atoms with Crippen LogP contribution in [0.15, 0.2) is 24.3 Å². The lowest BCUT2D eigenvalue weighted by Crippen LogP contribution is -2.71. The van der Waals surface area contributed by atoms with Crippen molar-refractivity contribution in [1.29, 1.82) is 0 Å². The summed E-state index contributed by atoms with van der Waals surface area (Å²) in [5, 5.41) is 9.98. The normalized spacial score (nSPS) is 16.9. The van der Waals surface area contributed by atoms with Gasteiger partial charge in [0, 0.05) is 0 Å². The molecule has 1 N–H and O–H groups in total. The van der Waals surface area contributed by atoms with Crippen LogP contribution >= 0.6 is 0 Å². The number of aliphatic hydroxyl groups excluding tert-OH is 1. The highest BCUT2D eigenvalue weighted by molar-refractivity contribution is 5.28. The first-order chi connectivity index (χ1) is 14.0. The summed E-state index contributed by atoms with van der Waals surface area (Å²) in [5.41, 5.74) is -0.166. The molecule has 1 rings (SSSR count). The zero-order valence-corrected chi connectivity index (χ0v) is 16.4.